The Balaban J connectivity index is 3.45. The van der Waals surface area contributed by atoms with Crippen LogP contribution in [0.15, 0.2) is 4.47 Å². The predicted molar refractivity (Wildman–Crippen MR) is 47.8 cm³/mol. The Kier molecular flexibility index (Phi) is 3.21. The van der Waals surface area contributed by atoms with E-state index in [9.17, 15) is 26.7 Å². The van der Waals surface area contributed by atoms with Crippen LogP contribution in [0.25, 0.3) is 0 Å². The van der Waals surface area contributed by atoms with Crippen LogP contribution in [-0.4, -0.2) is 27.0 Å². The van der Waals surface area contributed by atoms with Gasteiger partial charge in [0.2, 0.25) is 0 Å². The van der Waals surface area contributed by atoms with Crippen molar-refractivity contribution in [2.24, 2.45) is 7.05 Å². The summed E-state index contributed by atoms with van der Waals surface area (Å²) < 4.78 is 61.7. The number of aromatic nitrogens is 2. The van der Waals surface area contributed by atoms with Crippen molar-refractivity contribution in [3.63, 3.8) is 0 Å². The van der Waals surface area contributed by atoms with Crippen molar-refractivity contribution in [1.29, 1.82) is 0 Å². The number of aryl methyl sites for hydroxylation is 1. The molecule has 1 aromatic rings. The summed E-state index contributed by atoms with van der Waals surface area (Å²) in [5, 5.41) is 11.5. The summed E-state index contributed by atoms with van der Waals surface area (Å²) in [6.07, 6.45) is -5.85. The number of nitrogens with zero attached hydrogens (tertiary/aromatic N) is 2. The first kappa shape index (κ1) is 13.9. The van der Waals surface area contributed by atoms with E-state index in [2.05, 4.69) is 21.0 Å². The van der Waals surface area contributed by atoms with Crippen LogP contribution in [0.1, 0.15) is 16.2 Å². The fraction of sp³-hybridized carbons (Fsp3) is 0.429. The molecule has 1 aromatic heterocycles. The maximum Gasteiger partial charge on any atom is 0.459 e. The Morgan fingerprint density at radius 1 is 1.35 bits per heavy atom. The highest BCUT2D eigenvalue weighted by atomic mass is 79.9. The predicted octanol–water partition coefficient (Wildman–Crippen LogP) is 2.53. The molecule has 96 valence electrons. The molecule has 0 aliphatic rings. The van der Waals surface area contributed by atoms with Crippen LogP contribution >= 0.6 is 15.9 Å². The number of alkyl halides is 5. The topological polar surface area (TPSA) is 55.1 Å². The minimum atomic E-state index is -5.85. The van der Waals surface area contributed by atoms with E-state index >= 15 is 0 Å². The molecule has 1 rings (SSSR count). The zero-order valence-corrected chi connectivity index (χ0v) is 9.60. The fourth-order valence-corrected chi connectivity index (χ4v) is 1.82. The molecule has 0 unspecified atom stereocenters. The molecule has 0 fully saturated rings. The van der Waals surface area contributed by atoms with Gasteiger partial charge in [0.25, 0.3) is 0 Å². The van der Waals surface area contributed by atoms with Crippen LogP contribution in [0, 0.1) is 0 Å². The molecule has 10 heteroatoms. The van der Waals surface area contributed by atoms with Crippen molar-refractivity contribution < 1.29 is 31.9 Å². The molecular weight excluding hydrogens is 319 g/mol. The van der Waals surface area contributed by atoms with Crippen LogP contribution in [0.4, 0.5) is 22.0 Å². The monoisotopic (exact) mass is 322 g/mol. The minimum Gasteiger partial charge on any atom is -0.476 e. The number of carboxylic acids is 1. The molecule has 0 saturated heterocycles. The van der Waals surface area contributed by atoms with Gasteiger partial charge in [0.15, 0.2) is 11.4 Å². The van der Waals surface area contributed by atoms with Gasteiger partial charge < -0.3 is 5.11 Å². The van der Waals surface area contributed by atoms with Crippen LogP contribution in [0.3, 0.4) is 0 Å². The van der Waals surface area contributed by atoms with E-state index in [1.807, 2.05) is 0 Å². The van der Waals surface area contributed by atoms with Crippen molar-refractivity contribution in [2.75, 3.05) is 0 Å². The van der Waals surface area contributed by atoms with Gasteiger partial charge in [0.1, 0.15) is 0 Å². The Morgan fingerprint density at radius 3 is 2.12 bits per heavy atom. The van der Waals surface area contributed by atoms with Crippen molar-refractivity contribution in [3.8, 4) is 0 Å². The normalized spacial score (nSPS) is 12.9. The highest BCUT2D eigenvalue weighted by Crippen LogP contribution is 2.46. The quantitative estimate of drug-likeness (QED) is 0.851. The van der Waals surface area contributed by atoms with Crippen molar-refractivity contribution >= 4 is 21.9 Å². The highest BCUT2D eigenvalue weighted by molar-refractivity contribution is 9.10. The molecule has 0 radical (unpaired) electrons. The number of hydrogen-bond acceptors (Lipinski definition) is 2. The number of halogens is 6. The second-order valence-corrected chi connectivity index (χ2v) is 3.81. The standard InChI is InChI=1S/C7H4BrF5N2O2/c1-15-3(5(16)17)2(8)4(14-15)6(9,10)7(11,12)13/h1H3,(H,16,17). The van der Waals surface area contributed by atoms with Gasteiger partial charge in [-0.2, -0.15) is 27.1 Å². The molecule has 4 nitrogen and oxygen atoms in total. The summed E-state index contributed by atoms with van der Waals surface area (Å²) in [6, 6.07) is 0. The smallest absolute Gasteiger partial charge is 0.459 e. The molecule has 17 heavy (non-hydrogen) atoms. The van der Waals surface area contributed by atoms with Crippen LogP contribution < -0.4 is 0 Å². The van der Waals surface area contributed by atoms with Gasteiger partial charge in [0, 0.05) is 7.05 Å². The first-order valence-electron chi connectivity index (χ1n) is 3.91. The number of carboxylic acid groups (broad SMARTS) is 1. The zero-order valence-electron chi connectivity index (χ0n) is 8.02. The molecule has 0 saturated carbocycles. The van der Waals surface area contributed by atoms with E-state index in [0.717, 1.165) is 7.05 Å². The molecule has 0 aliphatic heterocycles. The average molecular weight is 323 g/mol. The number of rotatable bonds is 2. The van der Waals surface area contributed by atoms with E-state index < -0.39 is 33.9 Å². The Morgan fingerprint density at radius 2 is 1.82 bits per heavy atom. The van der Waals surface area contributed by atoms with Gasteiger partial charge in [-0.1, -0.05) is 0 Å². The lowest BCUT2D eigenvalue weighted by atomic mass is 10.2. The van der Waals surface area contributed by atoms with E-state index in [1.54, 1.807) is 0 Å². The number of carbonyl (C=O) groups is 1. The molecule has 0 amide bonds. The summed E-state index contributed by atoms with van der Waals surface area (Å²) in [4.78, 5) is 10.6. The number of hydrogen-bond donors (Lipinski definition) is 1. The van der Waals surface area contributed by atoms with E-state index in [-0.39, 0.29) is 0 Å². The highest BCUT2D eigenvalue weighted by Gasteiger charge is 2.61. The minimum absolute atomic E-state index is 0.432. The van der Waals surface area contributed by atoms with Gasteiger partial charge in [-0.25, -0.2) is 4.79 Å². The van der Waals surface area contributed by atoms with Gasteiger partial charge in [-0.05, 0) is 15.9 Å². The molecule has 0 aromatic carbocycles. The first-order chi connectivity index (χ1) is 7.50. The summed E-state index contributed by atoms with van der Waals surface area (Å²) in [5.74, 6) is -6.90. The third kappa shape index (κ3) is 2.13. The average Bonchev–Trinajstić information content (AvgIpc) is 2.39. The van der Waals surface area contributed by atoms with Crippen molar-refractivity contribution in [3.05, 3.63) is 15.9 Å². The summed E-state index contributed by atoms with van der Waals surface area (Å²) in [7, 11) is 0.949. The first-order valence-corrected chi connectivity index (χ1v) is 4.70. The SMILES string of the molecule is Cn1nc(C(F)(F)C(F)(F)F)c(Br)c1C(=O)O. The summed E-state index contributed by atoms with van der Waals surface area (Å²) in [5.41, 5.74) is -2.46. The molecule has 0 atom stereocenters. The van der Waals surface area contributed by atoms with Crippen molar-refractivity contribution in [2.45, 2.75) is 12.1 Å². The summed E-state index contributed by atoms with van der Waals surface area (Å²) >= 11 is 2.39. The van der Waals surface area contributed by atoms with E-state index in [4.69, 9.17) is 5.11 Å². The van der Waals surface area contributed by atoms with E-state index in [0.29, 0.717) is 4.68 Å². The summed E-state index contributed by atoms with van der Waals surface area (Å²) in [6.45, 7) is 0. The Hall–Kier alpha value is -1.19. The second-order valence-electron chi connectivity index (χ2n) is 3.01. The lowest BCUT2D eigenvalue weighted by Gasteiger charge is -2.17. The third-order valence-corrected chi connectivity index (χ3v) is 2.60. The molecular formula is C7H4BrF5N2O2. The largest absolute Gasteiger partial charge is 0.476 e. The van der Waals surface area contributed by atoms with Crippen LogP contribution in [-0.2, 0) is 13.0 Å². The lowest BCUT2D eigenvalue weighted by Crippen LogP contribution is -2.34. The van der Waals surface area contributed by atoms with Crippen LogP contribution in [0.5, 0.6) is 0 Å². The Bertz CT molecular complexity index is 468. The molecule has 0 spiro atoms. The maximum atomic E-state index is 13.0. The zero-order chi connectivity index (χ0) is 13.6. The van der Waals surface area contributed by atoms with Gasteiger partial charge in [-0.3, -0.25) is 4.68 Å². The lowest BCUT2D eigenvalue weighted by molar-refractivity contribution is -0.291. The number of aromatic carboxylic acids is 1. The van der Waals surface area contributed by atoms with Gasteiger partial charge in [-0.15, -0.1) is 0 Å². The molecule has 0 bridgehead atoms. The fourth-order valence-electron chi connectivity index (χ4n) is 1.07. The van der Waals surface area contributed by atoms with Crippen LogP contribution in [0.2, 0.25) is 0 Å². The molecule has 0 aliphatic carbocycles. The molecule has 1 N–H and O–H groups in total. The molecule has 1 heterocycles. The maximum absolute atomic E-state index is 13.0. The van der Waals surface area contributed by atoms with Gasteiger partial charge in [0.05, 0.1) is 4.47 Å². The van der Waals surface area contributed by atoms with Crippen molar-refractivity contribution in [1.82, 2.24) is 9.78 Å². The third-order valence-electron chi connectivity index (χ3n) is 1.85. The Labute approximate surface area is 99.1 Å². The second kappa shape index (κ2) is 3.93. The van der Waals surface area contributed by atoms with E-state index in [1.165, 1.54) is 0 Å². The van der Waals surface area contributed by atoms with Gasteiger partial charge >= 0.3 is 18.1 Å².